The van der Waals surface area contributed by atoms with Gasteiger partial charge in [0.2, 0.25) is 0 Å². The number of hydrogen-bond donors (Lipinski definition) is 1. The van der Waals surface area contributed by atoms with Gasteiger partial charge in [0.1, 0.15) is 0 Å². The first-order chi connectivity index (χ1) is 9.65. The minimum Gasteiger partial charge on any atom is -0.335 e. The molecule has 1 aromatic rings. The van der Waals surface area contributed by atoms with Crippen LogP contribution in [0.1, 0.15) is 54.8 Å². The number of amides is 2. The van der Waals surface area contributed by atoms with Gasteiger partial charge in [0.05, 0.1) is 11.6 Å². The Labute approximate surface area is 125 Å². The zero-order valence-corrected chi connectivity index (χ0v) is 13.3. The van der Waals surface area contributed by atoms with E-state index in [1.807, 2.05) is 20.2 Å². The van der Waals surface area contributed by atoms with Crippen LogP contribution in [0, 0.1) is 6.92 Å². The van der Waals surface area contributed by atoms with Crippen molar-refractivity contribution >= 4 is 17.4 Å². The zero-order chi connectivity index (χ0) is 14.4. The highest BCUT2D eigenvalue weighted by Gasteiger charge is 2.17. The quantitative estimate of drug-likeness (QED) is 0.924. The molecule has 2 amide bonds. The van der Waals surface area contributed by atoms with Crippen molar-refractivity contribution in [1.29, 1.82) is 0 Å². The van der Waals surface area contributed by atoms with Crippen LogP contribution in [-0.4, -0.2) is 29.0 Å². The van der Waals surface area contributed by atoms with Crippen LogP contribution >= 0.6 is 11.3 Å². The summed E-state index contributed by atoms with van der Waals surface area (Å²) >= 11 is 1.65. The second kappa shape index (κ2) is 7.62. The van der Waals surface area contributed by atoms with Gasteiger partial charge in [-0.2, -0.15) is 0 Å². The maximum Gasteiger partial charge on any atom is 0.317 e. The zero-order valence-electron chi connectivity index (χ0n) is 12.5. The van der Waals surface area contributed by atoms with E-state index in [9.17, 15) is 4.79 Å². The average Bonchev–Trinajstić information content (AvgIpc) is 2.77. The SMILES string of the molecule is Cc1ncc(CN(C)C(=O)NC2CCCCCCC2)s1. The first-order valence-electron chi connectivity index (χ1n) is 7.58. The van der Waals surface area contributed by atoms with Gasteiger partial charge in [-0.1, -0.05) is 32.1 Å². The molecular formula is C15H25N3OS. The highest BCUT2D eigenvalue weighted by Crippen LogP contribution is 2.18. The summed E-state index contributed by atoms with van der Waals surface area (Å²) in [5, 5.41) is 4.23. The van der Waals surface area contributed by atoms with Crippen LogP contribution in [0.25, 0.3) is 0 Å². The fourth-order valence-electron chi connectivity index (χ4n) is 2.67. The van der Waals surface area contributed by atoms with Gasteiger partial charge >= 0.3 is 6.03 Å². The number of nitrogens with zero attached hydrogens (tertiary/aromatic N) is 2. The van der Waals surface area contributed by atoms with E-state index >= 15 is 0 Å². The first kappa shape index (κ1) is 15.3. The van der Waals surface area contributed by atoms with Crippen LogP contribution in [0.5, 0.6) is 0 Å². The molecule has 1 aromatic heterocycles. The lowest BCUT2D eigenvalue weighted by molar-refractivity contribution is 0.200. The smallest absolute Gasteiger partial charge is 0.317 e. The fourth-order valence-corrected chi connectivity index (χ4v) is 3.52. The van der Waals surface area contributed by atoms with E-state index in [4.69, 9.17) is 0 Å². The first-order valence-corrected chi connectivity index (χ1v) is 8.40. The molecule has 0 saturated heterocycles. The molecule has 4 nitrogen and oxygen atoms in total. The van der Waals surface area contributed by atoms with E-state index in [1.165, 1.54) is 32.1 Å². The Morgan fingerprint density at radius 3 is 2.60 bits per heavy atom. The van der Waals surface area contributed by atoms with Gasteiger partial charge in [-0.05, 0) is 19.8 Å². The summed E-state index contributed by atoms with van der Waals surface area (Å²) in [6.45, 7) is 2.63. The largest absolute Gasteiger partial charge is 0.335 e. The van der Waals surface area contributed by atoms with Crippen molar-refractivity contribution in [3.63, 3.8) is 0 Å². The molecule has 0 bridgehead atoms. The summed E-state index contributed by atoms with van der Waals surface area (Å²) in [7, 11) is 1.85. The van der Waals surface area contributed by atoms with Crippen molar-refractivity contribution in [3.8, 4) is 0 Å². The van der Waals surface area contributed by atoms with Gasteiger partial charge in [0.15, 0.2) is 0 Å². The second-order valence-electron chi connectivity index (χ2n) is 5.69. The Kier molecular flexibility index (Phi) is 5.83. The number of aryl methyl sites for hydroxylation is 1. The molecule has 0 unspecified atom stereocenters. The van der Waals surface area contributed by atoms with Crippen molar-refractivity contribution in [3.05, 3.63) is 16.1 Å². The third-order valence-corrected chi connectivity index (χ3v) is 4.74. The summed E-state index contributed by atoms with van der Waals surface area (Å²) in [5.74, 6) is 0. The minimum absolute atomic E-state index is 0.0432. The van der Waals surface area contributed by atoms with Gasteiger partial charge in [-0.15, -0.1) is 11.3 Å². The van der Waals surface area contributed by atoms with E-state index in [1.54, 1.807) is 16.2 Å². The molecule has 0 aromatic carbocycles. The van der Waals surface area contributed by atoms with E-state index < -0.39 is 0 Å². The normalized spacial score (nSPS) is 17.3. The highest BCUT2D eigenvalue weighted by atomic mass is 32.1. The van der Waals surface area contributed by atoms with E-state index in [2.05, 4.69) is 10.3 Å². The molecule has 0 radical (unpaired) electrons. The van der Waals surface area contributed by atoms with Crippen molar-refractivity contribution < 1.29 is 4.79 Å². The van der Waals surface area contributed by atoms with Crippen molar-refractivity contribution in [2.24, 2.45) is 0 Å². The monoisotopic (exact) mass is 295 g/mol. The maximum absolute atomic E-state index is 12.2. The highest BCUT2D eigenvalue weighted by molar-refractivity contribution is 7.11. The predicted molar refractivity (Wildman–Crippen MR) is 83.0 cm³/mol. The molecule has 20 heavy (non-hydrogen) atoms. The second-order valence-corrected chi connectivity index (χ2v) is 7.01. The molecule has 0 spiro atoms. The summed E-state index contributed by atoms with van der Waals surface area (Å²) in [5.41, 5.74) is 0. The van der Waals surface area contributed by atoms with Crippen LogP contribution in [-0.2, 0) is 6.54 Å². The third-order valence-electron chi connectivity index (χ3n) is 3.84. The molecule has 5 heteroatoms. The standard InChI is InChI=1S/C15H25N3OS/c1-12-16-10-14(20-12)11-18(2)15(19)17-13-8-6-4-3-5-7-9-13/h10,13H,3-9,11H2,1-2H3,(H,17,19). The molecule has 2 rings (SSSR count). The summed E-state index contributed by atoms with van der Waals surface area (Å²) in [6, 6.07) is 0.398. The van der Waals surface area contributed by atoms with Crippen LogP contribution in [0.3, 0.4) is 0 Å². The lowest BCUT2D eigenvalue weighted by Gasteiger charge is -2.24. The van der Waals surface area contributed by atoms with Crippen LogP contribution in [0.4, 0.5) is 4.79 Å². The number of carbonyl (C=O) groups is 1. The Bertz CT molecular complexity index is 425. The van der Waals surface area contributed by atoms with Crippen LogP contribution in [0.2, 0.25) is 0 Å². The van der Waals surface area contributed by atoms with Gasteiger partial charge in [0.25, 0.3) is 0 Å². The summed E-state index contributed by atoms with van der Waals surface area (Å²) in [6.07, 6.45) is 10.6. The van der Waals surface area contributed by atoms with Crippen molar-refractivity contribution in [2.75, 3.05) is 7.05 Å². The predicted octanol–water partition coefficient (Wildman–Crippen LogP) is 3.71. The molecular weight excluding hydrogens is 270 g/mol. The summed E-state index contributed by atoms with van der Waals surface area (Å²) < 4.78 is 0. The Morgan fingerprint density at radius 1 is 1.35 bits per heavy atom. The number of urea groups is 1. The van der Waals surface area contributed by atoms with E-state index in [-0.39, 0.29) is 6.03 Å². The topological polar surface area (TPSA) is 45.2 Å². The molecule has 0 atom stereocenters. The molecule has 112 valence electrons. The van der Waals surface area contributed by atoms with Gasteiger partial charge in [0, 0.05) is 24.2 Å². The Hall–Kier alpha value is -1.10. The number of aromatic nitrogens is 1. The van der Waals surface area contributed by atoms with Crippen molar-refractivity contribution in [1.82, 2.24) is 15.2 Å². The molecule has 1 heterocycles. The lowest BCUT2D eigenvalue weighted by Crippen LogP contribution is -2.42. The molecule has 1 aliphatic rings. The van der Waals surface area contributed by atoms with Crippen molar-refractivity contribution in [2.45, 2.75) is 64.5 Å². The third kappa shape index (κ3) is 4.78. The average molecular weight is 295 g/mol. The number of carbonyl (C=O) groups excluding carboxylic acids is 1. The molecule has 1 aliphatic carbocycles. The molecule has 1 fully saturated rings. The number of rotatable bonds is 3. The number of thiazole rings is 1. The number of nitrogens with one attached hydrogen (secondary N) is 1. The van der Waals surface area contributed by atoms with Gasteiger partial charge in [-0.3, -0.25) is 0 Å². The molecule has 0 aliphatic heterocycles. The maximum atomic E-state index is 12.2. The van der Waals surface area contributed by atoms with Crippen LogP contribution < -0.4 is 5.32 Å². The Morgan fingerprint density at radius 2 is 2.00 bits per heavy atom. The molecule has 1 saturated carbocycles. The number of hydrogen-bond acceptors (Lipinski definition) is 3. The fraction of sp³-hybridized carbons (Fsp3) is 0.733. The van der Waals surface area contributed by atoms with Gasteiger partial charge in [-0.25, -0.2) is 9.78 Å². The lowest BCUT2D eigenvalue weighted by atomic mass is 9.97. The van der Waals surface area contributed by atoms with Crippen LogP contribution in [0.15, 0.2) is 6.20 Å². The van der Waals surface area contributed by atoms with E-state index in [0.29, 0.717) is 12.6 Å². The minimum atomic E-state index is 0.0432. The van der Waals surface area contributed by atoms with Gasteiger partial charge < -0.3 is 10.2 Å². The molecule has 1 N–H and O–H groups in total. The van der Waals surface area contributed by atoms with E-state index in [0.717, 1.165) is 22.7 Å². The Balaban J connectivity index is 1.80. The summed E-state index contributed by atoms with van der Waals surface area (Å²) in [4.78, 5) is 19.3.